The highest BCUT2D eigenvalue weighted by Gasteiger charge is 2.17. The Labute approximate surface area is 125 Å². The molecule has 5 nitrogen and oxygen atoms in total. The van der Waals surface area contributed by atoms with Crippen LogP contribution in [-0.2, 0) is 11.2 Å². The first-order chi connectivity index (χ1) is 10.4. The number of rotatable bonds is 5. The number of fused-ring (bicyclic) bond motifs is 1. The zero-order valence-corrected chi connectivity index (χ0v) is 12.6. The van der Waals surface area contributed by atoms with Gasteiger partial charge in [0.15, 0.2) is 11.5 Å². The maximum Gasteiger partial charge on any atom is 0.165 e. The van der Waals surface area contributed by atoms with E-state index in [4.69, 9.17) is 18.9 Å². The van der Waals surface area contributed by atoms with E-state index in [2.05, 4.69) is 11.0 Å². The Morgan fingerprint density at radius 2 is 1.76 bits per heavy atom. The fraction of sp³-hybridized carbons (Fsp3) is 0.625. The molecule has 0 bridgehead atoms. The number of aryl methyl sites for hydroxylation is 1. The van der Waals surface area contributed by atoms with E-state index >= 15 is 0 Å². The monoisotopic (exact) mass is 293 g/mol. The van der Waals surface area contributed by atoms with Gasteiger partial charge in [0, 0.05) is 19.2 Å². The third-order valence-corrected chi connectivity index (χ3v) is 3.97. The highest BCUT2D eigenvalue weighted by molar-refractivity contribution is 5.51. The Kier molecular flexibility index (Phi) is 4.83. The number of hydrogen-bond donors (Lipinski definition) is 0. The normalized spacial score (nSPS) is 18.5. The summed E-state index contributed by atoms with van der Waals surface area (Å²) in [6, 6.07) is 4.01. The molecule has 5 heteroatoms. The average Bonchev–Trinajstić information content (AvgIpc) is 2.55. The standard InChI is InChI=1S/C16H23NO4/c1-18-14-12-16-15(20-9-10-21-16)11-13(14)3-2-4-17-5-7-19-8-6-17/h11-12H,2-10H2,1H3. The van der Waals surface area contributed by atoms with Crippen LogP contribution in [-0.4, -0.2) is 58.1 Å². The molecule has 0 aromatic heterocycles. The van der Waals surface area contributed by atoms with Crippen LogP contribution in [0, 0.1) is 0 Å². The molecule has 0 atom stereocenters. The second-order valence-corrected chi connectivity index (χ2v) is 5.37. The first-order valence-corrected chi connectivity index (χ1v) is 7.63. The van der Waals surface area contributed by atoms with Crippen molar-refractivity contribution in [3.05, 3.63) is 17.7 Å². The van der Waals surface area contributed by atoms with Gasteiger partial charge >= 0.3 is 0 Å². The Morgan fingerprint density at radius 1 is 1.05 bits per heavy atom. The lowest BCUT2D eigenvalue weighted by Crippen LogP contribution is -2.36. The quantitative estimate of drug-likeness (QED) is 0.827. The molecular weight excluding hydrogens is 270 g/mol. The molecule has 1 aromatic rings. The lowest BCUT2D eigenvalue weighted by Gasteiger charge is -2.26. The van der Waals surface area contributed by atoms with Crippen LogP contribution in [0.25, 0.3) is 0 Å². The van der Waals surface area contributed by atoms with Crippen molar-refractivity contribution in [1.29, 1.82) is 0 Å². The van der Waals surface area contributed by atoms with E-state index in [-0.39, 0.29) is 0 Å². The van der Waals surface area contributed by atoms with E-state index < -0.39 is 0 Å². The van der Waals surface area contributed by atoms with Gasteiger partial charge < -0.3 is 18.9 Å². The van der Waals surface area contributed by atoms with Gasteiger partial charge in [0.05, 0.1) is 20.3 Å². The van der Waals surface area contributed by atoms with Crippen LogP contribution < -0.4 is 14.2 Å². The van der Waals surface area contributed by atoms with Crippen LogP contribution in [0.15, 0.2) is 12.1 Å². The summed E-state index contributed by atoms with van der Waals surface area (Å²) >= 11 is 0. The molecule has 0 spiro atoms. The van der Waals surface area contributed by atoms with E-state index in [9.17, 15) is 0 Å². The molecule has 3 rings (SSSR count). The molecule has 116 valence electrons. The van der Waals surface area contributed by atoms with Gasteiger partial charge in [-0.25, -0.2) is 0 Å². The van der Waals surface area contributed by atoms with Crippen molar-refractivity contribution in [3.8, 4) is 17.2 Å². The molecule has 0 amide bonds. The van der Waals surface area contributed by atoms with Crippen molar-refractivity contribution >= 4 is 0 Å². The predicted octanol–water partition coefficient (Wildman–Crippen LogP) is 1.73. The van der Waals surface area contributed by atoms with Gasteiger partial charge in [-0.05, 0) is 31.0 Å². The van der Waals surface area contributed by atoms with Crippen molar-refractivity contribution in [1.82, 2.24) is 4.90 Å². The van der Waals surface area contributed by atoms with Crippen molar-refractivity contribution in [2.45, 2.75) is 12.8 Å². The molecule has 1 saturated heterocycles. The van der Waals surface area contributed by atoms with E-state index in [0.717, 1.165) is 62.9 Å². The molecule has 2 heterocycles. The van der Waals surface area contributed by atoms with E-state index in [0.29, 0.717) is 13.2 Å². The number of ether oxygens (including phenoxy) is 4. The molecule has 2 aliphatic rings. The number of benzene rings is 1. The van der Waals surface area contributed by atoms with Crippen molar-refractivity contribution in [2.24, 2.45) is 0 Å². The smallest absolute Gasteiger partial charge is 0.165 e. The second kappa shape index (κ2) is 7.00. The highest BCUT2D eigenvalue weighted by atomic mass is 16.6. The molecule has 0 saturated carbocycles. The second-order valence-electron chi connectivity index (χ2n) is 5.37. The van der Waals surface area contributed by atoms with Crippen LogP contribution in [0.5, 0.6) is 17.2 Å². The summed E-state index contributed by atoms with van der Waals surface area (Å²) in [6.45, 7) is 6.11. The molecule has 0 aliphatic carbocycles. The van der Waals surface area contributed by atoms with Gasteiger partial charge in [0.2, 0.25) is 0 Å². The van der Waals surface area contributed by atoms with Gasteiger partial charge in [-0.2, -0.15) is 0 Å². The summed E-state index contributed by atoms with van der Waals surface area (Å²) in [5.41, 5.74) is 1.19. The third kappa shape index (κ3) is 3.60. The number of methoxy groups -OCH3 is 1. The van der Waals surface area contributed by atoms with Crippen molar-refractivity contribution < 1.29 is 18.9 Å². The maximum atomic E-state index is 5.65. The minimum Gasteiger partial charge on any atom is -0.496 e. The van der Waals surface area contributed by atoms with Crippen molar-refractivity contribution in [3.63, 3.8) is 0 Å². The molecule has 1 aromatic carbocycles. The summed E-state index contributed by atoms with van der Waals surface area (Å²) in [7, 11) is 1.71. The first-order valence-electron chi connectivity index (χ1n) is 7.63. The summed E-state index contributed by atoms with van der Waals surface area (Å²) in [5, 5.41) is 0. The minimum absolute atomic E-state index is 0.604. The Balaban J connectivity index is 1.61. The highest BCUT2D eigenvalue weighted by Crippen LogP contribution is 2.37. The number of hydrogen-bond acceptors (Lipinski definition) is 5. The summed E-state index contributed by atoms with van der Waals surface area (Å²) < 4.78 is 22.1. The Morgan fingerprint density at radius 3 is 2.48 bits per heavy atom. The van der Waals surface area contributed by atoms with Crippen LogP contribution in [0.3, 0.4) is 0 Å². The molecule has 21 heavy (non-hydrogen) atoms. The van der Waals surface area contributed by atoms with Gasteiger partial charge in [0.25, 0.3) is 0 Å². The van der Waals surface area contributed by atoms with Gasteiger partial charge in [0.1, 0.15) is 19.0 Å². The number of morpholine rings is 1. The predicted molar refractivity (Wildman–Crippen MR) is 79.6 cm³/mol. The fourth-order valence-corrected chi connectivity index (χ4v) is 2.82. The maximum absolute atomic E-state index is 5.65. The fourth-order valence-electron chi connectivity index (χ4n) is 2.82. The van der Waals surface area contributed by atoms with Crippen LogP contribution in [0.1, 0.15) is 12.0 Å². The van der Waals surface area contributed by atoms with E-state index in [1.165, 1.54) is 5.56 Å². The van der Waals surface area contributed by atoms with Crippen LogP contribution in [0.4, 0.5) is 0 Å². The summed E-state index contributed by atoms with van der Waals surface area (Å²) in [6.07, 6.45) is 2.09. The lowest BCUT2D eigenvalue weighted by molar-refractivity contribution is 0.0374. The Hall–Kier alpha value is -1.46. The minimum atomic E-state index is 0.604. The lowest BCUT2D eigenvalue weighted by atomic mass is 10.1. The SMILES string of the molecule is COc1cc2c(cc1CCCN1CCOCC1)OCCO2. The first kappa shape index (κ1) is 14.5. The zero-order valence-electron chi connectivity index (χ0n) is 12.6. The number of nitrogens with zero attached hydrogens (tertiary/aromatic N) is 1. The summed E-state index contributed by atoms with van der Waals surface area (Å²) in [5.74, 6) is 2.51. The largest absolute Gasteiger partial charge is 0.496 e. The van der Waals surface area contributed by atoms with Gasteiger partial charge in [-0.3, -0.25) is 4.90 Å². The van der Waals surface area contributed by atoms with Gasteiger partial charge in [-0.1, -0.05) is 0 Å². The third-order valence-electron chi connectivity index (χ3n) is 3.97. The molecule has 2 aliphatic heterocycles. The average molecular weight is 293 g/mol. The molecule has 0 unspecified atom stereocenters. The molecule has 1 fully saturated rings. The van der Waals surface area contributed by atoms with E-state index in [1.807, 2.05) is 6.07 Å². The molecular formula is C16H23NO4. The van der Waals surface area contributed by atoms with Crippen molar-refractivity contribution in [2.75, 3.05) is 53.2 Å². The molecule has 0 radical (unpaired) electrons. The van der Waals surface area contributed by atoms with E-state index in [1.54, 1.807) is 7.11 Å². The topological polar surface area (TPSA) is 40.2 Å². The van der Waals surface area contributed by atoms with Crippen LogP contribution in [0.2, 0.25) is 0 Å². The van der Waals surface area contributed by atoms with Crippen LogP contribution >= 0.6 is 0 Å². The Bertz CT molecular complexity index is 472. The zero-order chi connectivity index (χ0) is 14.5. The molecule has 0 N–H and O–H groups in total. The van der Waals surface area contributed by atoms with Gasteiger partial charge in [-0.15, -0.1) is 0 Å². The summed E-state index contributed by atoms with van der Waals surface area (Å²) in [4.78, 5) is 2.45.